The Morgan fingerprint density at radius 1 is 1.10 bits per heavy atom. The number of anilines is 3. The van der Waals surface area contributed by atoms with Crippen LogP contribution in [0.3, 0.4) is 0 Å². The number of piperidine rings is 1. The van der Waals surface area contributed by atoms with Crippen molar-refractivity contribution in [3.63, 3.8) is 0 Å². The zero-order valence-electron chi connectivity index (χ0n) is 17.5. The number of halogens is 3. The lowest BCUT2D eigenvalue weighted by Gasteiger charge is -2.26. The fourth-order valence-corrected chi connectivity index (χ4v) is 4.01. The van der Waals surface area contributed by atoms with Gasteiger partial charge < -0.3 is 15.5 Å². The summed E-state index contributed by atoms with van der Waals surface area (Å²) in [7, 11) is 0. The normalized spacial score (nSPS) is 19.5. The molecule has 2 aromatic rings. The third kappa shape index (κ3) is 5.64. The second kappa shape index (κ2) is 9.96. The molecule has 0 bridgehead atoms. The molecule has 2 aromatic heterocycles. The molecule has 0 amide bonds. The molecule has 2 fully saturated rings. The predicted molar refractivity (Wildman–Crippen MR) is 115 cm³/mol. The Labute approximate surface area is 180 Å². The van der Waals surface area contributed by atoms with Gasteiger partial charge in [0.1, 0.15) is 11.6 Å². The van der Waals surface area contributed by atoms with Gasteiger partial charge in [-0.1, -0.05) is 0 Å². The SMILES string of the molecule is C#C.C[C@@H]1CCCN1c1nc(Nc2cc(C(F)(F)F)ccn2)cc(C2CCNCC2)n1. The highest BCUT2D eigenvalue weighted by atomic mass is 19.4. The molecule has 166 valence electrons. The summed E-state index contributed by atoms with van der Waals surface area (Å²) in [6.07, 6.45) is 8.87. The molecule has 2 aliphatic rings. The van der Waals surface area contributed by atoms with Crippen molar-refractivity contribution in [1.29, 1.82) is 0 Å². The standard InChI is InChI=1S/C20H25F3N6.C2H2/c1-13-3-2-10-29(13)19-26-16(14-4-7-24-8-5-14)12-18(28-19)27-17-11-15(6-9-25-17)20(21,22)23;1-2/h6,9,11-14,24H,2-5,7-8,10H2,1H3,(H,25,26,27,28);1-2H/t13-;/m1./s1. The molecule has 2 saturated heterocycles. The summed E-state index contributed by atoms with van der Waals surface area (Å²) >= 11 is 0. The zero-order valence-corrected chi connectivity index (χ0v) is 17.5. The van der Waals surface area contributed by atoms with Crippen molar-refractivity contribution in [3.05, 3.63) is 35.7 Å². The van der Waals surface area contributed by atoms with Gasteiger partial charge in [0.05, 0.1) is 11.3 Å². The van der Waals surface area contributed by atoms with Crippen molar-refractivity contribution in [3.8, 4) is 12.8 Å². The van der Waals surface area contributed by atoms with Gasteiger partial charge in [-0.2, -0.15) is 18.2 Å². The van der Waals surface area contributed by atoms with E-state index in [0.29, 0.717) is 23.7 Å². The number of hydrogen-bond acceptors (Lipinski definition) is 6. The second-order valence-electron chi connectivity index (χ2n) is 7.74. The first-order valence-electron chi connectivity index (χ1n) is 10.4. The molecule has 4 rings (SSSR count). The summed E-state index contributed by atoms with van der Waals surface area (Å²) < 4.78 is 39.1. The van der Waals surface area contributed by atoms with Crippen LogP contribution in [0, 0.1) is 12.8 Å². The third-order valence-electron chi connectivity index (χ3n) is 5.64. The largest absolute Gasteiger partial charge is 0.416 e. The quantitative estimate of drug-likeness (QED) is 0.701. The van der Waals surface area contributed by atoms with E-state index in [1.165, 1.54) is 0 Å². The molecule has 9 heteroatoms. The lowest BCUT2D eigenvalue weighted by atomic mass is 9.94. The minimum Gasteiger partial charge on any atom is -0.338 e. The molecule has 0 aliphatic carbocycles. The number of hydrogen-bond donors (Lipinski definition) is 2. The molecule has 0 unspecified atom stereocenters. The number of pyridine rings is 1. The van der Waals surface area contributed by atoms with Crippen molar-refractivity contribution >= 4 is 17.6 Å². The fraction of sp³-hybridized carbons (Fsp3) is 0.500. The molecule has 2 N–H and O–H groups in total. The molecule has 4 heterocycles. The highest BCUT2D eigenvalue weighted by molar-refractivity contribution is 5.55. The van der Waals surface area contributed by atoms with E-state index in [0.717, 1.165) is 69.3 Å². The van der Waals surface area contributed by atoms with Crippen LogP contribution in [0.2, 0.25) is 0 Å². The van der Waals surface area contributed by atoms with E-state index < -0.39 is 11.7 Å². The van der Waals surface area contributed by atoms with Crippen LogP contribution < -0.4 is 15.5 Å². The molecule has 2 aliphatic heterocycles. The number of nitrogens with zero attached hydrogens (tertiary/aromatic N) is 4. The lowest BCUT2D eigenvalue weighted by Crippen LogP contribution is -2.30. The van der Waals surface area contributed by atoms with Gasteiger partial charge in [-0.3, -0.25) is 0 Å². The summed E-state index contributed by atoms with van der Waals surface area (Å²) in [5.74, 6) is 1.55. The fourth-order valence-electron chi connectivity index (χ4n) is 4.01. The van der Waals surface area contributed by atoms with E-state index in [1.54, 1.807) is 0 Å². The van der Waals surface area contributed by atoms with Gasteiger partial charge in [-0.05, 0) is 57.8 Å². The van der Waals surface area contributed by atoms with Gasteiger partial charge in [0.25, 0.3) is 0 Å². The Morgan fingerprint density at radius 2 is 1.84 bits per heavy atom. The molecular weight excluding hydrogens is 405 g/mol. The number of nitrogens with one attached hydrogen (secondary N) is 2. The second-order valence-corrected chi connectivity index (χ2v) is 7.74. The maximum absolute atomic E-state index is 13.0. The summed E-state index contributed by atoms with van der Waals surface area (Å²) in [6, 6.07) is 4.16. The average Bonchev–Trinajstić information content (AvgIpc) is 3.21. The van der Waals surface area contributed by atoms with E-state index in [-0.39, 0.29) is 5.82 Å². The van der Waals surface area contributed by atoms with E-state index >= 15 is 0 Å². The topological polar surface area (TPSA) is 66.0 Å². The monoisotopic (exact) mass is 432 g/mol. The van der Waals surface area contributed by atoms with Crippen LogP contribution in [0.25, 0.3) is 0 Å². The van der Waals surface area contributed by atoms with Crippen LogP contribution in [-0.4, -0.2) is 40.6 Å². The minimum absolute atomic E-state index is 0.121. The van der Waals surface area contributed by atoms with Gasteiger partial charge in [0, 0.05) is 30.8 Å². The van der Waals surface area contributed by atoms with Crippen molar-refractivity contribution < 1.29 is 13.2 Å². The molecule has 0 aromatic carbocycles. The molecule has 1 atom stereocenters. The smallest absolute Gasteiger partial charge is 0.338 e. The highest BCUT2D eigenvalue weighted by Crippen LogP contribution is 2.32. The first-order chi connectivity index (χ1) is 14.9. The van der Waals surface area contributed by atoms with Crippen LogP contribution in [-0.2, 0) is 6.18 Å². The average molecular weight is 432 g/mol. The van der Waals surface area contributed by atoms with Crippen molar-refractivity contribution in [2.24, 2.45) is 0 Å². The summed E-state index contributed by atoms with van der Waals surface area (Å²) in [5.41, 5.74) is 0.195. The molecule has 0 spiro atoms. The third-order valence-corrected chi connectivity index (χ3v) is 5.64. The lowest BCUT2D eigenvalue weighted by molar-refractivity contribution is -0.137. The van der Waals surface area contributed by atoms with Gasteiger partial charge in [0.15, 0.2) is 0 Å². The number of aromatic nitrogens is 3. The zero-order chi connectivity index (χ0) is 22.4. The molecule has 0 radical (unpaired) electrons. The van der Waals surface area contributed by atoms with E-state index in [9.17, 15) is 13.2 Å². The Hall–Kier alpha value is -2.86. The summed E-state index contributed by atoms with van der Waals surface area (Å²) in [5, 5.41) is 6.32. The van der Waals surface area contributed by atoms with Crippen LogP contribution >= 0.6 is 0 Å². The van der Waals surface area contributed by atoms with Crippen LogP contribution in [0.4, 0.5) is 30.8 Å². The Bertz CT molecular complexity index is 892. The van der Waals surface area contributed by atoms with Gasteiger partial charge in [-0.15, -0.1) is 12.8 Å². The van der Waals surface area contributed by atoms with Crippen molar-refractivity contribution in [2.45, 2.75) is 50.7 Å². The van der Waals surface area contributed by atoms with Crippen LogP contribution in [0.5, 0.6) is 0 Å². The van der Waals surface area contributed by atoms with Gasteiger partial charge in [0.2, 0.25) is 5.95 Å². The van der Waals surface area contributed by atoms with E-state index in [2.05, 4.69) is 45.3 Å². The summed E-state index contributed by atoms with van der Waals surface area (Å²) in [6.45, 7) is 4.90. The predicted octanol–water partition coefficient (Wildman–Crippen LogP) is 4.34. The molecule has 6 nitrogen and oxygen atoms in total. The van der Waals surface area contributed by atoms with Crippen molar-refractivity contribution in [1.82, 2.24) is 20.3 Å². The summed E-state index contributed by atoms with van der Waals surface area (Å²) in [4.78, 5) is 15.7. The Balaban J connectivity index is 0.00000132. The number of rotatable bonds is 4. The molecule has 0 saturated carbocycles. The van der Waals surface area contributed by atoms with Crippen LogP contribution in [0.15, 0.2) is 24.4 Å². The maximum atomic E-state index is 13.0. The Kier molecular flexibility index (Phi) is 7.33. The number of terminal acetylenes is 1. The Morgan fingerprint density at radius 3 is 2.48 bits per heavy atom. The first kappa shape index (κ1) is 22.8. The van der Waals surface area contributed by atoms with Gasteiger partial charge in [-0.25, -0.2) is 9.97 Å². The number of alkyl halides is 3. The highest BCUT2D eigenvalue weighted by Gasteiger charge is 2.31. The first-order valence-corrected chi connectivity index (χ1v) is 10.4. The van der Waals surface area contributed by atoms with Gasteiger partial charge >= 0.3 is 6.18 Å². The van der Waals surface area contributed by atoms with E-state index in [1.807, 2.05) is 6.07 Å². The van der Waals surface area contributed by atoms with Crippen molar-refractivity contribution in [2.75, 3.05) is 29.9 Å². The maximum Gasteiger partial charge on any atom is 0.416 e. The molecule has 31 heavy (non-hydrogen) atoms. The van der Waals surface area contributed by atoms with E-state index in [4.69, 9.17) is 4.98 Å². The van der Waals surface area contributed by atoms with Crippen LogP contribution in [0.1, 0.15) is 49.8 Å². The minimum atomic E-state index is -4.42. The molecular formula is C22H27F3N6.